The summed E-state index contributed by atoms with van der Waals surface area (Å²) in [5.74, 6) is 2.15. The summed E-state index contributed by atoms with van der Waals surface area (Å²) >= 11 is 1.20. The van der Waals surface area contributed by atoms with Gasteiger partial charge in [-0.25, -0.2) is 0 Å². The summed E-state index contributed by atoms with van der Waals surface area (Å²) in [6, 6.07) is 10.5. The van der Waals surface area contributed by atoms with E-state index in [1.54, 1.807) is 57.7 Å². The minimum absolute atomic E-state index is 0.100. The van der Waals surface area contributed by atoms with Crippen LogP contribution in [-0.2, 0) is 4.79 Å². The number of carbonyl (C=O) groups is 1. The fourth-order valence-electron chi connectivity index (χ4n) is 2.61. The van der Waals surface area contributed by atoms with E-state index in [0.29, 0.717) is 39.5 Å². The molecular weight excluding hydrogens is 410 g/mol. The van der Waals surface area contributed by atoms with Crippen molar-refractivity contribution in [3.63, 3.8) is 0 Å². The summed E-state index contributed by atoms with van der Waals surface area (Å²) in [6.07, 6.45) is 0. The van der Waals surface area contributed by atoms with Crippen LogP contribution < -0.4 is 24.3 Å². The van der Waals surface area contributed by atoms with Crippen LogP contribution in [0.4, 0.5) is 5.69 Å². The highest BCUT2D eigenvalue weighted by molar-refractivity contribution is 7.99. The number of nitrogens with zero attached hydrogens (tertiary/aromatic N) is 4. The lowest BCUT2D eigenvalue weighted by molar-refractivity contribution is -0.113. The van der Waals surface area contributed by atoms with Crippen molar-refractivity contribution in [3.05, 3.63) is 36.4 Å². The number of benzene rings is 2. The Morgan fingerprint density at radius 3 is 2.43 bits per heavy atom. The Morgan fingerprint density at radius 2 is 1.73 bits per heavy atom. The van der Waals surface area contributed by atoms with Crippen LogP contribution >= 0.6 is 11.8 Å². The van der Waals surface area contributed by atoms with E-state index in [2.05, 4.69) is 20.8 Å². The zero-order chi connectivity index (χ0) is 21.5. The smallest absolute Gasteiger partial charge is 0.234 e. The molecule has 2 aromatic carbocycles. The van der Waals surface area contributed by atoms with E-state index in [9.17, 15) is 4.79 Å². The molecule has 3 aromatic rings. The number of nitrogens with one attached hydrogen (secondary N) is 1. The number of ether oxygens (including phenoxy) is 4. The Kier molecular flexibility index (Phi) is 6.96. The molecule has 0 unspecified atom stereocenters. The number of tetrazole rings is 1. The van der Waals surface area contributed by atoms with Crippen molar-refractivity contribution in [1.29, 1.82) is 0 Å². The molecule has 0 aliphatic heterocycles. The highest BCUT2D eigenvalue weighted by Crippen LogP contribution is 2.31. The number of amides is 1. The second-order valence-electron chi connectivity index (χ2n) is 5.82. The Hall–Kier alpha value is -3.47. The number of rotatable bonds is 9. The Bertz CT molecular complexity index is 1030. The SMILES string of the molecule is COc1ccc(NC(=O)CSc2nnnn2-c2ccc(OC)c(OC)c2)c(OC)c1. The van der Waals surface area contributed by atoms with Crippen LogP contribution in [0.1, 0.15) is 0 Å². The van der Waals surface area contributed by atoms with Gasteiger partial charge in [-0.15, -0.1) is 5.10 Å². The predicted octanol–water partition coefficient (Wildman–Crippen LogP) is 2.43. The monoisotopic (exact) mass is 431 g/mol. The van der Waals surface area contributed by atoms with Crippen LogP contribution in [0.5, 0.6) is 23.0 Å². The van der Waals surface area contributed by atoms with Gasteiger partial charge in [0.1, 0.15) is 11.5 Å². The number of anilines is 1. The Labute approximate surface area is 177 Å². The molecule has 1 amide bonds. The topological polar surface area (TPSA) is 110 Å². The third-order valence-corrected chi connectivity index (χ3v) is 4.99. The molecule has 10 nitrogen and oxygen atoms in total. The second kappa shape index (κ2) is 9.83. The molecule has 30 heavy (non-hydrogen) atoms. The largest absolute Gasteiger partial charge is 0.497 e. The lowest BCUT2D eigenvalue weighted by Crippen LogP contribution is -2.15. The van der Waals surface area contributed by atoms with Crippen LogP contribution in [0.25, 0.3) is 5.69 Å². The summed E-state index contributed by atoms with van der Waals surface area (Å²) in [6.45, 7) is 0. The summed E-state index contributed by atoms with van der Waals surface area (Å²) in [5, 5.41) is 15.0. The standard InChI is InChI=1S/C19H21N5O5S/c1-26-13-6-7-14(16(10-13)28-3)20-18(25)11-30-19-21-22-23-24(19)12-5-8-15(27-2)17(9-12)29-4/h5-10H,11H2,1-4H3,(H,20,25). The maximum atomic E-state index is 12.4. The third kappa shape index (κ3) is 4.74. The van der Waals surface area contributed by atoms with Gasteiger partial charge in [0.05, 0.1) is 45.6 Å². The zero-order valence-corrected chi connectivity index (χ0v) is 17.7. The van der Waals surface area contributed by atoms with Gasteiger partial charge >= 0.3 is 0 Å². The van der Waals surface area contributed by atoms with Gasteiger partial charge in [0, 0.05) is 12.1 Å². The molecule has 158 valence electrons. The lowest BCUT2D eigenvalue weighted by Gasteiger charge is -2.12. The average Bonchev–Trinajstić information content (AvgIpc) is 3.26. The molecule has 0 atom stereocenters. The number of methoxy groups -OCH3 is 4. The number of hydrogen-bond acceptors (Lipinski definition) is 9. The number of hydrogen-bond donors (Lipinski definition) is 1. The van der Waals surface area contributed by atoms with E-state index >= 15 is 0 Å². The van der Waals surface area contributed by atoms with E-state index < -0.39 is 0 Å². The number of thioether (sulfide) groups is 1. The average molecular weight is 431 g/mol. The maximum absolute atomic E-state index is 12.4. The molecule has 0 spiro atoms. The molecule has 0 fully saturated rings. The van der Waals surface area contributed by atoms with E-state index in [-0.39, 0.29) is 11.7 Å². The van der Waals surface area contributed by atoms with Crippen molar-refractivity contribution in [2.24, 2.45) is 0 Å². The highest BCUT2D eigenvalue weighted by atomic mass is 32.2. The Balaban J connectivity index is 1.69. The molecule has 0 aliphatic rings. The van der Waals surface area contributed by atoms with Crippen LogP contribution in [0, 0.1) is 0 Å². The summed E-state index contributed by atoms with van der Waals surface area (Å²) in [4.78, 5) is 12.4. The van der Waals surface area contributed by atoms with Crippen molar-refractivity contribution >= 4 is 23.4 Å². The van der Waals surface area contributed by atoms with Gasteiger partial charge in [0.15, 0.2) is 11.5 Å². The van der Waals surface area contributed by atoms with Crippen LogP contribution in [-0.4, -0.2) is 60.3 Å². The fourth-order valence-corrected chi connectivity index (χ4v) is 3.30. The van der Waals surface area contributed by atoms with Gasteiger partial charge in [-0.05, 0) is 34.7 Å². The molecule has 0 bridgehead atoms. The van der Waals surface area contributed by atoms with Gasteiger partial charge in [-0.1, -0.05) is 11.8 Å². The molecule has 1 heterocycles. The molecule has 11 heteroatoms. The highest BCUT2D eigenvalue weighted by Gasteiger charge is 2.15. The van der Waals surface area contributed by atoms with Crippen LogP contribution in [0.3, 0.4) is 0 Å². The lowest BCUT2D eigenvalue weighted by atomic mass is 10.2. The summed E-state index contributed by atoms with van der Waals surface area (Å²) in [5.41, 5.74) is 1.22. The molecule has 0 saturated heterocycles. The van der Waals surface area contributed by atoms with E-state index in [0.717, 1.165) is 0 Å². The van der Waals surface area contributed by atoms with Gasteiger partial charge in [0.25, 0.3) is 0 Å². The van der Waals surface area contributed by atoms with Crippen LogP contribution in [0.2, 0.25) is 0 Å². The van der Waals surface area contributed by atoms with Crippen molar-refractivity contribution in [2.75, 3.05) is 39.5 Å². The quantitative estimate of drug-likeness (QED) is 0.511. The minimum Gasteiger partial charge on any atom is -0.497 e. The van der Waals surface area contributed by atoms with Crippen molar-refractivity contribution in [3.8, 4) is 28.7 Å². The zero-order valence-electron chi connectivity index (χ0n) is 16.9. The molecule has 3 rings (SSSR count). The van der Waals surface area contributed by atoms with E-state index in [1.165, 1.54) is 23.6 Å². The first kappa shape index (κ1) is 21.2. The Morgan fingerprint density at radius 1 is 0.967 bits per heavy atom. The second-order valence-corrected chi connectivity index (χ2v) is 6.76. The molecule has 0 saturated carbocycles. The van der Waals surface area contributed by atoms with Crippen molar-refractivity contribution < 1.29 is 23.7 Å². The fraction of sp³-hybridized carbons (Fsp3) is 0.263. The first-order valence-corrected chi connectivity index (χ1v) is 9.73. The number of aromatic nitrogens is 4. The predicted molar refractivity (Wildman–Crippen MR) is 111 cm³/mol. The third-order valence-electron chi connectivity index (χ3n) is 4.07. The van der Waals surface area contributed by atoms with Gasteiger partial charge in [-0.3, -0.25) is 4.79 Å². The molecular formula is C19H21N5O5S. The minimum atomic E-state index is -0.231. The van der Waals surface area contributed by atoms with Crippen molar-refractivity contribution in [2.45, 2.75) is 5.16 Å². The van der Waals surface area contributed by atoms with Crippen molar-refractivity contribution in [1.82, 2.24) is 20.2 Å². The van der Waals surface area contributed by atoms with Gasteiger partial charge in [-0.2, -0.15) is 4.68 Å². The first-order chi connectivity index (χ1) is 14.6. The van der Waals surface area contributed by atoms with Crippen LogP contribution in [0.15, 0.2) is 41.6 Å². The summed E-state index contributed by atoms with van der Waals surface area (Å²) < 4.78 is 22.5. The van der Waals surface area contributed by atoms with E-state index in [1.807, 2.05) is 0 Å². The van der Waals surface area contributed by atoms with Gasteiger partial charge in [0.2, 0.25) is 11.1 Å². The molecule has 1 N–H and O–H groups in total. The maximum Gasteiger partial charge on any atom is 0.234 e. The summed E-state index contributed by atoms with van der Waals surface area (Å²) in [7, 11) is 6.20. The molecule has 1 aromatic heterocycles. The normalized spacial score (nSPS) is 10.4. The van der Waals surface area contributed by atoms with E-state index in [4.69, 9.17) is 18.9 Å². The first-order valence-electron chi connectivity index (χ1n) is 8.75. The van der Waals surface area contributed by atoms with Gasteiger partial charge < -0.3 is 24.3 Å². The molecule has 0 aliphatic carbocycles. The molecule has 0 radical (unpaired) electrons. The number of carbonyl (C=O) groups excluding carboxylic acids is 1.